The lowest BCUT2D eigenvalue weighted by atomic mass is 9.59. The number of carbonyl (C=O) groups excluding carboxylic acids is 3. The summed E-state index contributed by atoms with van der Waals surface area (Å²) in [6.07, 6.45) is 0. The van der Waals surface area contributed by atoms with Crippen LogP contribution in [0.4, 0.5) is 5.69 Å². The highest BCUT2D eigenvalue weighted by molar-refractivity contribution is 6.42. The lowest BCUT2D eigenvalue weighted by Gasteiger charge is -2.39. The van der Waals surface area contributed by atoms with Crippen LogP contribution in [-0.4, -0.2) is 31.8 Å². The number of halogens is 2. The number of rotatable bonds is 7. The van der Waals surface area contributed by atoms with E-state index >= 15 is 14.4 Å². The maximum Gasteiger partial charge on any atom is 0.239 e. The van der Waals surface area contributed by atoms with Crippen LogP contribution in [0.1, 0.15) is 22.3 Å². The molecular formula is C41H29Cl2NO5. The van der Waals surface area contributed by atoms with Crippen molar-refractivity contribution in [1.82, 2.24) is 0 Å². The molecule has 0 N–H and O–H groups in total. The molecular weight excluding hydrogens is 657 g/mol. The highest BCUT2D eigenvalue weighted by atomic mass is 35.5. The third-order valence-electron chi connectivity index (χ3n) is 10.4. The summed E-state index contributed by atoms with van der Waals surface area (Å²) in [5.74, 6) is -2.13. The Morgan fingerprint density at radius 2 is 1.00 bits per heavy atom. The van der Waals surface area contributed by atoms with E-state index in [1.807, 2.05) is 109 Å². The highest BCUT2D eigenvalue weighted by Crippen LogP contribution is 2.74. The largest absolute Gasteiger partial charge is 0.497 e. The van der Waals surface area contributed by atoms with Crippen LogP contribution in [0.2, 0.25) is 10.0 Å². The average Bonchev–Trinajstić information content (AvgIpc) is 3.65. The second-order valence-corrected chi connectivity index (χ2v) is 13.3. The van der Waals surface area contributed by atoms with Crippen molar-refractivity contribution in [3.05, 3.63) is 160 Å². The molecule has 49 heavy (non-hydrogen) atoms. The van der Waals surface area contributed by atoms with E-state index in [2.05, 4.69) is 0 Å². The molecule has 8 rings (SSSR count). The summed E-state index contributed by atoms with van der Waals surface area (Å²) in [6.45, 7) is 0. The molecule has 2 aliphatic carbocycles. The molecule has 0 spiro atoms. The van der Waals surface area contributed by atoms with E-state index in [4.69, 9.17) is 32.7 Å². The Morgan fingerprint density at radius 1 is 0.571 bits per heavy atom. The van der Waals surface area contributed by atoms with E-state index in [0.717, 1.165) is 16.0 Å². The zero-order chi connectivity index (χ0) is 34.1. The fourth-order valence-electron chi connectivity index (χ4n) is 8.53. The lowest BCUT2D eigenvalue weighted by molar-refractivity contribution is -0.130. The number of Topliss-reactive ketones (excluding diaryl/α,β-unsaturated/α-hetero) is 1. The molecule has 2 bridgehead atoms. The van der Waals surface area contributed by atoms with Gasteiger partial charge >= 0.3 is 0 Å². The molecule has 5 aromatic rings. The smallest absolute Gasteiger partial charge is 0.239 e. The summed E-state index contributed by atoms with van der Waals surface area (Å²) in [5, 5.41) is 0.522. The minimum absolute atomic E-state index is 0.189. The van der Waals surface area contributed by atoms with Crippen molar-refractivity contribution < 1.29 is 23.9 Å². The molecule has 2 fully saturated rings. The summed E-state index contributed by atoms with van der Waals surface area (Å²) in [7, 11) is 3.19. The molecule has 8 heteroatoms. The van der Waals surface area contributed by atoms with Crippen molar-refractivity contribution in [2.75, 3.05) is 19.1 Å². The third-order valence-corrected chi connectivity index (χ3v) is 10.9. The van der Waals surface area contributed by atoms with Crippen LogP contribution < -0.4 is 14.4 Å². The summed E-state index contributed by atoms with van der Waals surface area (Å²) >= 11 is 13.1. The number of benzene rings is 5. The molecule has 4 atom stereocenters. The predicted octanol–water partition coefficient (Wildman–Crippen LogP) is 8.20. The first kappa shape index (κ1) is 31.1. The lowest BCUT2D eigenvalue weighted by Crippen LogP contribution is -2.45. The molecule has 0 radical (unpaired) electrons. The fraction of sp³-hybridized carbons (Fsp3) is 0.146. The van der Waals surface area contributed by atoms with Gasteiger partial charge in [0.15, 0.2) is 5.78 Å². The van der Waals surface area contributed by atoms with Gasteiger partial charge in [-0.2, -0.15) is 0 Å². The predicted molar refractivity (Wildman–Crippen MR) is 190 cm³/mol. The zero-order valence-corrected chi connectivity index (χ0v) is 28.0. The third kappa shape index (κ3) is 4.11. The first-order chi connectivity index (χ1) is 23.8. The summed E-state index contributed by atoms with van der Waals surface area (Å²) < 4.78 is 11.0. The van der Waals surface area contributed by atoms with E-state index in [1.54, 1.807) is 26.4 Å². The van der Waals surface area contributed by atoms with Gasteiger partial charge in [-0.1, -0.05) is 108 Å². The van der Waals surface area contributed by atoms with E-state index < -0.39 is 34.5 Å². The Kier molecular flexibility index (Phi) is 7.28. The van der Waals surface area contributed by atoms with Gasteiger partial charge in [0.05, 0.1) is 47.6 Å². The number of anilines is 1. The van der Waals surface area contributed by atoms with Crippen molar-refractivity contribution >= 4 is 57.6 Å². The van der Waals surface area contributed by atoms with E-state index in [0.29, 0.717) is 38.8 Å². The molecule has 6 nitrogen and oxygen atoms in total. The molecule has 0 unspecified atom stereocenters. The standard InChI is InChI=1S/C41H29Cl2NO5/c1-48-29-18-13-24(14-19-29)33-34(25-15-20-30(49-2)21-16-25)41(27-11-7-4-8-12-27)36-35(40(33,39(41)47)26-9-5-3-6-10-26)37(45)44(38(36)46)32-23-28(42)17-22-31(32)43/h3-23,35-36H,1-2H3/t35-,36-,40-,41-/m1/s1. The molecule has 242 valence electrons. The van der Waals surface area contributed by atoms with Crippen LogP contribution in [0.15, 0.2) is 127 Å². The first-order valence-electron chi connectivity index (χ1n) is 15.8. The van der Waals surface area contributed by atoms with Gasteiger partial charge in [-0.3, -0.25) is 14.4 Å². The Hall–Kier alpha value is -5.17. The number of ketones is 1. The Balaban J connectivity index is 1.55. The van der Waals surface area contributed by atoms with Gasteiger partial charge in [0.25, 0.3) is 0 Å². The molecule has 1 saturated carbocycles. The van der Waals surface area contributed by atoms with Crippen LogP contribution in [0.25, 0.3) is 11.1 Å². The summed E-state index contributed by atoms with van der Waals surface area (Å²) in [6, 6.07) is 38.4. The second-order valence-electron chi connectivity index (χ2n) is 12.4. The van der Waals surface area contributed by atoms with Gasteiger partial charge in [-0.25, -0.2) is 4.90 Å². The SMILES string of the molecule is COc1ccc(C2=C(c3ccc(OC)cc3)[C@@]3(c4ccccc4)C(=O)[C@@]2(c2ccccc2)[C@H]2C(=O)N(c4cc(Cl)ccc4Cl)C(=O)[C@@H]23)cc1. The Morgan fingerprint density at radius 3 is 1.41 bits per heavy atom. The van der Waals surface area contributed by atoms with E-state index in [-0.39, 0.29) is 16.5 Å². The van der Waals surface area contributed by atoms with Crippen LogP contribution in [0, 0.1) is 11.8 Å². The Labute approximate surface area is 293 Å². The number of methoxy groups -OCH3 is 2. The van der Waals surface area contributed by atoms with Crippen LogP contribution >= 0.6 is 23.2 Å². The number of nitrogens with zero attached hydrogens (tertiary/aromatic N) is 1. The number of imide groups is 1. The number of hydrogen-bond donors (Lipinski definition) is 0. The van der Waals surface area contributed by atoms with Crippen molar-refractivity contribution in [2.24, 2.45) is 11.8 Å². The highest BCUT2D eigenvalue weighted by Gasteiger charge is 2.82. The molecule has 1 aliphatic heterocycles. The van der Waals surface area contributed by atoms with Crippen LogP contribution in [0.3, 0.4) is 0 Å². The minimum Gasteiger partial charge on any atom is -0.497 e. The van der Waals surface area contributed by atoms with Gasteiger partial charge in [0, 0.05) is 5.02 Å². The Bertz CT molecular complexity index is 2050. The monoisotopic (exact) mass is 685 g/mol. The number of carbonyl (C=O) groups is 3. The number of amides is 2. The topological polar surface area (TPSA) is 72.9 Å². The number of hydrogen-bond acceptors (Lipinski definition) is 5. The van der Waals surface area contributed by atoms with E-state index in [9.17, 15) is 0 Å². The van der Waals surface area contributed by atoms with Gasteiger partial charge in [-0.05, 0) is 75.9 Å². The molecule has 1 heterocycles. The van der Waals surface area contributed by atoms with Crippen LogP contribution in [0.5, 0.6) is 11.5 Å². The molecule has 0 aromatic heterocycles. The van der Waals surface area contributed by atoms with Gasteiger partial charge in [-0.15, -0.1) is 0 Å². The second kappa shape index (κ2) is 11.5. The van der Waals surface area contributed by atoms with Crippen molar-refractivity contribution in [2.45, 2.75) is 10.8 Å². The number of allylic oxidation sites excluding steroid dienone is 2. The van der Waals surface area contributed by atoms with Gasteiger partial charge < -0.3 is 9.47 Å². The molecule has 3 aliphatic rings. The summed E-state index contributed by atoms with van der Waals surface area (Å²) in [5.41, 5.74) is 1.14. The van der Waals surface area contributed by atoms with Crippen LogP contribution in [-0.2, 0) is 25.2 Å². The van der Waals surface area contributed by atoms with Crippen molar-refractivity contribution in [1.29, 1.82) is 0 Å². The normalized spacial score (nSPS) is 24.1. The quantitative estimate of drug-likeness (QED) is 0.162. The molecule has 5 aromatic carbocycles. The minimum atomic E-state index is -1.56. The van der Waals surface area contributed by atoms with Gasteiger partial charge in [0.1, 0.15) is 11.5 Å². The van der Waals surface area contributed by atoms with Crippen molar-refractivity contribution in [3.63, 3.8) is 0 Å². The summed E-state index contributed by atoms with van der Waals surface area (Å²) in [4.78, 5) is 47.5. The fourth-order valence-corrected chi connectivity index (χ4v) is 8.90. The molecule has 1 saturated heterocycles. The number of fused-ring (bicyclic) bond motifs is 5. The number of ether oxygens (including phenoxy) is 2. The van der Waals surface area contributed by atoms with Crippen molar-refractivity contribution in [3.8, 4) is 11.5 Å². The maximum absolute atomic E-state index is 16.0. The van der Waals surface area contributed by atoms with Gasteiger partial charge in [0.2, 0.25) is 11.8 Å². The average molecular weight is 687 g/mol. The first-order valence-corrected chi connectivity index (χ1v) is 16.6. The zero-order valence-electron chi connectivity index (χ0n) is 26.5. The van der Waals surface area contributed by atoms with E-state index in [1.165, 1.54) is 6.07 Å². The maximum atomic E-state index is 16.0. The molecule has 2 amide bonds.